The van der Waals surface area contributed by atoms with Gasteiger partial charge in [-0.3, -0.25) is 0 Å². The summed E-state index contributed by atoms with van der Waals surface area (Å²) in [6, 6.07) is 0. The van der Waals surface area contributed by atoms with Crippen molar-refractivity contribution in [3.63, 3.8) is 0 Å². The van der Waals surface area contributed by atoms with E-state index in [1.54, 1.807) is 0 Å². The van der Waals surface area contributed by atoms with E-state index in [0.717, 1.165) is 13.0 Å². The molecule has 2 nitrogen and oxygen atoms in total. The molecule has 13 heavy (non-hydrogen) atoms. The van der Waals surface area contributed by atoms with E-state index in [-0.39, 0.29) is 9.03 Å². The van der Waals surface area contributed by atoms with Crippen LogP contribution in [0.15, 0.2) is 0 Å². The van der Waals surface area contributed by atoms with Crippen molar-refractivity contribution in [2.45, 2.75) is 53.4 Å². The molecule has 2 atom stereocenters. The lowest BCUT2D eigenvalue weighted by atomic mass is 10.0. The molecule has 0 spiro atoms. The Morgan fingerprint density at radius 3 is 2.31 bits per heavy atom. The Morgan fingerprint density at radius 2 is 1.92 bits per heavy atom. The van der Waals surface area contributed by atoms with Gasteiger partial charge in [-0.1, -0.05) is 47.0 Å². The van der Waals surface area contributed by atoms with Crippen molar-refractivity contribution in [1.29, 1.82) is 0 Å². The molecule has 0 aromatic heterocycles. The Bertz CT molecular complexity index is 71.3. The fraction of sp³-hybridized carbons (Fsp3) is 1.00. The van der Waals surface area contributed by atoms with Gasteiger partial charge in [0.25, 0.3) is 0 Å². The van der Waals surface area contributed by atoms with Gasteiger partial charge in [-0.25, -0.2) is 0 Å². The molecule has 0 amide bonds. The summed E-state index contributed by atoms with van der Waals surface area (Å²) in [5.41, 5.74) is 0. The van der Waals surface area contributed by atoms with Crippen molar-refractivity contribution in [1.82, 2.24) is 0 Å². The maximum atomic E-state index is 8.44. The summed E-state index contributed by atoms with van der Waals surface area (Å²) in [5, 5.41) is 0. The predicted molar refractivity (Wildman–Crippen MR) is 61.1 cm³/mol. The molecule has 0 saturated heterocycles. The van der Waals surface area contributed by atoms with Crippen molar-refractivity contribution in [2.24, 2.45) is 5.92 Å². The van der Waals surface area contributed by atoms with Gasteiger partial charge in [0.05, 0.1) is 6.61 Å². The monoisotopic (exact) mass is 208 g/mol. The molecule has 0 aromatic rings. The summed E-state index contributed by atoms with van der Waals surface area (Å²) in [6.07, 6.45) is 4.91. The second kappa shape index (κ2) is 14.9. The van der Waals surface area contributed by atoms with E-state index in [1.165, 1.54) is 19.3 Å². The first-order chi connectivity index (χ1) is 6.35. The summed E-state index contributed by atoms with van der Waals surface area (Å²) in [5.74, 6) is 0.648. The number of rotatable bonds is 7. The van der Waals surface area contributed by atoms with Crippen LogP contribution in [0.2, 0.25) is 0 Å². The third kappa shape index (κ3) is 12.4. The summed E-state index contributed by atoms with van der Waals surface area (Å²) in [6.45, 7) is 9.09. The Hall–Kier alpha value is 0.350. The molecule has 0 aliphatic heterocycles. The smallest absolute Gasteiger partial charge is 0.152 e. The predicted octanol–water partition coefficient (Wildman–Crippen LogP) is 3.75. The van der Waals surface area contributed by atoms with Crippen LogP contribution >= 0.6 is 9.03 Å². The van der Waals surface area contributed by atoms with Crippen LogP contribution in [-0.2, 0) is 4.52 Å². The molecule has 0 aromatic carbocycles. The van der Waals surface area contributed by atoms with Gasteiger partial charge < -0.3 is 9.42 Å². The molecule has 0 rings (SSSR count). The molecular formula is C10H25O2P. The Labute approximate surface area is 85.0 Å². The summed E-state index contributed by atoms with van der Waals surface area (Å²) in [7, 11) is -0.341. The highest BCUT2D eigenvalue weighted by molar-refractivity contribution is 7.24. The van der Waals surface area contributed by atoms with Crippen LogP contribution in [-0.4, -0.2) is 11.5 Å². The zero-order valence-electron chi connectivity index (χ0n) is 9.47. The van der Waals surface area contributed by atoms with E-state index in [2.05, 4.69) is 13.8 Å². The summed E-state index contributed by atoms with van der Waals surface area (Å²) >= 11 is 0. The second-order valence-corrected chi connectivity index (χ2v) is 3.29. The molecule has 1 N–H and O–H groups in total. The van der Waals surface area contributed by atoms with Crippen molar-refractivity contribution in [3.8, 4) is 0 Å². The third-order valence-corrected chi connectivity index (χ3v) is 2.22. The van der Waals surface area contributed by atoms with Crippen LogP contribution in [0.25, 0.3) is 0 Å². The fourth-order valence-corrected chi connectivity index (χ4v) is 1.36. The quantitative estimate of drug-likeness (QED) is 0.646. The van der Waals surface area contributed by atoms with Crippen LogP contribution in [0.5, 0.6) is 0 Å². The van der Waals surface area contributed by atoms with Crippen molar-refractivity contribution in [3.05, 3.63) is 0 Å². The lowest BCUT2D eigenvalue weighted by Gasteiger charge is -2.12. The molecule has 82 valence electrons. The minimum Gasteiger partial charge on any atom is -0.352 e. The Morgan fingerprint density at radius 1 is 1.31 bits per heavy atom. The topological polar surface area (TPSA) is 29.5 Å². The molecule has 0 aliphatic carbocycles. The molecule has 2 unspecified atom stereocenters. The van der Waals surface area contributed by atoms with E-state index in [1.807, 2.05) is 13.8 Å². The molecule has 0 aliphatic rings. The maximum absolute atomic E-state index is 8.44. The van der Waals surface area contributed by atoms with E-state index < -0.39 is 0 Å². The van der Waals surface area contributed by atoms with Crippen LogP contribution in [0.4, 0.5) is 0 Å². The Balaban J connectivity index is 0. The standard InChI is InChI=1S/C8H19O2P.C2H6/c1-3-5-6-8(4-2)7-10-11-9;1-2/h8-9,11H,3-7H2,1-2H3;1-2H3. The van der Waals surface area contributed by atoms with Gasteiger partial charge in [-0.2, -0.15) is 0 Å². The molecule has 0 bridgehead atoms. The summed E-state index contributed by atoms with van der Waals surface area (Å²) in [4.78, 5) is 8.44. The molecule has 0 radical (unpaired) electrons. The highest BCUT2D eigenvalue weighted by atomic mass is 31.1. The largest absolute Gasteiger partial charge is 0.352 e. The maximum Gasteiger partial charge on any atom is 0.152 e. The number of hydrogen-bond acceptors (Lipinski definition) is 2. The molecule has 3 heteroatoms. The summed E-state index contributed by atoms with van der Waals surface area (Å²) < 4.78 is 4.97. The van der Waals surface area contributed by atoms with Crippen LogP contribution < -0.4 is 0 Å². The highest BCUT2D eigenvalue weighted by Gasteiger charge is 2.04. The van der Waals surface area contributed by atoms with E-state index >= 15 is 0 Å². The van der Waals surface area contributed by atoms with Gasteiger partial charge in [0, 0.05) is 0 Å². The SMILES string of the molecule is CC.CCCCC(CC)COPO. The normalized spacial score (nSPS) is 12.7. The average Bonchev–Trinajstić information content (AvgIpc) is 2.21. The molecular weight excluding hydrogens is 183 g/mol. The van der Waals surface area contributed by atoms with Crippen molar-refractivity contribution < 1.29 is 9.42 Å². The lowest BCUT2D eigenvalue weighted by molar-refractivity contribution is 0.242. The molecule has 0 saturated carbocycles. The minimum absolute atomic E-state index is 0.341. The first-order valence-corrected chi connectivity index (χ1v) is 6.21. The van der Waals surface area contributed by atoms with E-state index in [4.69, 9.17) is 9.42 Å². The van der Waals surface area contributed by atoms with E-state index in [0.29, 0.717) is 5.92 Å². The second-order valence-electron chi connectivity index (χ2n) is 2.82. The Kier molecular flexibility index (Phi) is 18.1. The minimum atomic E-state index is -0.341. The van der Waals surface area contributed by atoms with Gasteiger partial charge in [-0.15, -0.1) is 0 Å². The highest BCUT2D eigenvalue weighted by Crippen LogP contribution is 2.16. The molecule has 0 fully saturated rings. The first-order valence-electron chi connectivity index (χ1n) is 5.36. The lowest BCUT2D eigenvalue weighted by Crippen LogP contribution is -2.05. The number of unbranched alkanes of at least 4 members (excludes halogenated alkanes) is 1. The van der Waals surface area contributed by atoms with Crippen LogP contribution in [0, 0.1) is 5.92 Å². The van der Waals surface area contributed by atoms with Gasteiger partial charge in [0.2, 0.25) is 0 Å². The van der Waals surface area contributed by atoms with Gasteiger partial charge >= 0.3 is 0 Å². The average molecular weight is 208 g/mol. The van der Waals surface area contributed by atoms with Crippen LogP contribution in [0.3, 0.4) is 0 Å². The van der Waals surface area contributed by atoms with Crippen molar-refractivity contribution in [2.75, 3.05) is 6.61 Å². The zero-order valence-corrected chi connectivity index (χ0v) is 10.5. The van der Waals surface area contributed by atoms with Gasteiger partial charge in [-0.05, 0) is 12.3 Å². The van der Waals surface area contributed by atoms with Crippen molar-refractivity contribution >= 4 is 9.03 Å². The molecule has 0 heterocycles. The van der Waals surface area contributed by atoms with Crippen LogP contribution in [0.1, 0.15) is 53.4 Å². The zero-order chi connectivity index (χ0) is 10.5. The first kappa shape index (κ1) is 15.8. The van der Waals surface area contributed by atoms with Gasteiger partial charge in [0.1, 0.15) is 0 Å². The fourth-order valence-electron chi connectivity index (χ4n) is 1.05. The third-order valence-electron chi connectivity index (χ3n) is 1.93. The number of hydrogen-bond donors (Lipinski definition) is 1. The van der Waals surface area contributed by atoms with E-state index in [9.17, 15) is 0 Å². The van der Waals surface area contributed by atoms with Gasteiger partial charge in [0.15, 0.2) is 9.03 Å².